The van der Waals surface area contributed by atoms with Crippen LogP contribution in [0, 0.1) is 5.92 Å². The minimum atomic E-state index is -3.32. The van der Waals surface area contributed by atoms with Crippen LogP contribution in [0.2, 0.25) is 0 Å². The molecule has 1 fully saturated rings. The Morgan fingerprint density at radius 1 is 1.14 bits per heavy atom. The van der Waals surface area contributed by atoms with Crippen LogP contribution in [0.25, 0.3) is 11.0 Å². The molecule has 1 aliphatic rings. The number of nitrogens with zero attached hydrogens (tertiary/aromatic N) is 4. The third kappa shape index (κ3) is 4.73. The van der Waals surface area contributed by atoms with Crippen LogP contribution in [0.15, 0.2) is 43.0 Å². The molecule has 3 aromatic heterocycles. The van der Waals surface area contributed by atoms with Gasteiger partial charge in [-0.05, 0) is 49.8 Å². The highest BCUT2D eigenvalue weighted by Crippen LogP contribution is 2.31. The van der Waals surface area contributed by atoms with Gasteiger partial charge in [0.15, 0.2) is 0 Å². The van der Waals surface area contributed by atoms with Gasteiger partial charge in [-0.2, -0.15) is 0 Å². The fraction of sp³-hybridized carbons (Fsp3) is 0.450. The summed E-state index contributed by atoms with van der Waals surface area (Å²) in [6.45, 7) is 0.238. The summed E-state index contributed by atoms with van der Waals surface area (Å²) < 4.78 is 27.6. The molecule has 0 atom stereocenters. The lowest BCUT2D eigenvalue weighted by molar-refractivity contribution is 0.340. The molecule has 3 heterocycles. The molecule has 2 N–H and O–H groups in total. The molecule has 0 amide bonds. The Hall–Kier alpha value is -2.52. The molecule has 0 bridgehead atoms. The zero-order valence-electron chi connectivity index (χ0n) is 16.5. The predicted octanol–water partition coefficient (Wildman–Crippen LogP) is 2.47. The van der Waals surface area contributed by atoms with Crippen LogP contribution in [0.4, 0.5) is 5.82 Å². The lowest BCUT2D eigenvalue weighted by atomic mass is 9.86. The molecular formula is C20H26N6O2S. The first-order valence-electron chi connectivity index (χ1n) is 9.90. The lowest BCUT2D eigenvalue weighted by Gasteiger charge is -2.35. The van der Waals surface area contributed by atoms with Crippen molar-refractivity contribution in [1.29, 1.82) is 0 Å². The highest BCUT2D eigenvalue weighted by atomic mass is 32.2. The number of aromatic nitrogens is 4. The van der Waals surface area contributed by atoms with Gasteiger partial charge in [0, 0.05) is 25.5 Å². The molecule has 3 aromatic rings. The summed E-state index contributed by atoms with van der Waals surface area (Å²) >= 11 is 0. The highest BCUT2D eigenvalue weighted by molar-refractivity contribution is 7.89. The van der Waals surface area contributed by atoms with Gasteiger partial charge in [-0.25, -0.2) is 23.1 Å². The Morgan fingerprint density at radius 2 is 1.97 bits per heavy atom. The van der Waals surface area contributed by atoms with Crippen molar-refractivity contribution >= 4 is 26.9 Å². The van der Waals surface area contributed by atoms with E-state index in [4.69, 9.17) is 0 Å². The van der Waals surface area contributed by atoms with Gasteiger partial charge < -0.3 is 9.88 Å². The summed E-state index contributed by atoms with van der Waals surface area (Å²) in [6.07, 6.45) is 8.80. The van der Waals surface area contributed by atoms with Crippen molar-refractivity contribution in [2.24, 2.45) is 5.92 Å². The van der Waals surface area contributed by atoms with Crippen molar-refractivity contribution in [3.8, 4) is 0 Å². The monoisotopic (exact) mass is 414 g/mol. The maximum absolute atomic E-state index is 12.5. The van der Waals surface area contributed by atoms with Crippen molar-refractivity contribution in [3.63, 3.8) is 0 Å². The van der Waals surface area contributed by atoms with E-state index < -0.39 is 10.0 Å². The van der Waals surface area contributed by atoms with Gasteiger partial charge in [-0.15, -0.1) is 0 Å². The minimum Gasteiger partial charge on any atom is -0.356 e. The van der Waals surface area contributed by atoms with Gasteiger partial charge in [0.2, 0.25) is 10.0 Å². The Bertz CT molecular complexity index is 1050. The van der Waals surface area contributed by atoms with Gasteiger partial charge in [0.1, 0.15) is 17.8 Å². The van der Waals surface area contributed by atoms with E-state index in [0.29, 0.717) is 6.04 Å². The van der Waals surface area contributed by atoms with Crippen molar-refractivity contribution < 1.29 is 8.42 Å². The number of sulfonamides is 1. The van der Waals surface area contributed by atoms with Crippen LogP contribution in [-0.4, -0.2) is 47.2 Å². The second-order valence-corrected chi connectivity index (χ2v) is 9.50. The molecule has 1 aliphatic carbocycles. The number of nitrogens with one attached hydrogen (secondary N) is 2. The van der Waals surface area contributed by atoms with E-state index in [1.165, 1.54) is 0 Å². The maximum atomic E-state index is 12.5. The first kappa shape index (κ1) is 19.8. The summed E-state index contributed by atoms with van der Waals surface area (Å²) in [4.78, 5) is 18.2. The number of hydrogen-bond acceptors (Lipinski definition) is 6. The van der Waals surface area contributed by atoms with Crippen molar-refractivity contribution in [2.45, 2.75) is 38.3 Å². The summed E-state index contributed by atoms with van der Waals surface area (Å²) in [5.74, 6) is 1.27. The average molecular weight is 415 g/mol. The average Bonchev–Trinajstić information content (AvgIpc) is 3.22. The number of anilines is 1. The van der Waals surface area contributed by atoms with Gasteiger partial charge in [0.05, 0.1) is 23.4 Å². The first-order chi connectivity index (χ1) is 14.0. The molecular weight excluding hydrogens is 388 g/mol. The Labute approximate surface area is 170 Å². The molecule has 0 aliphatic heterocycles. The van der Waals surface area contributed by atoms with Crippen LogP contribution < -0.4 is 9.62 Å². The molecule has 9 heteroatoms. The van der Waals surface area contributed by atoms with E-state index >= 15 is 0 Å². The number of rotatable bonds is 7. The van der Waals surface area contributed by atoms with Crippen LogP contribution in [-0.2, 0) is 16.6 Å². The summed E-state index contributed by atoms with van der Waals surface area (Å²) in [7, 11) is -1.26. The molecule has 154 valence electrons. The first-order valence-corrected chi connectivity index (χ1v) is 11.6. The van der Waals surface area contributed by atoms with E-state index in [9.17, 15) is 8.42 Å². The largest absolute Gasteiger partial charge is 0.356 e. The molecule has 8 nitrogen and oxygen atoms in total. The number of pyridine rings is 1. The molecule has 1 saturated carbocycles. The Morgan fingerprint density at radius 3 is 2.72 bits per heavy atom. The van der Waals surface area contributed by atoms with Crippen molar-refractivity contribution in [1.82, 2.24) is 24.7 Å². The molecule has 0 saturated heterocycles. The van der Waals surface area contributed by atoms with E-state index in [1.807, 2.05) is 30.5 Å². The molecule has 0 unspecified atom stereocenters. The predicted molar refractivity (Wildman–Crippen MR) is 113 cm³/mol. The second-order valence-electron chi connectivity index (χ2n) is 7.65. The number of hydrogen-bond donors (Lipinski definition) is 2. The fourth-order valence-electron chi connectivity index (χ4n) is 4.07. The molecule has 0 aromatic carbocycles. The summed E-state index contributed by atoms with van der Waals surface area (Å²) in [5.41, 5.74) is 1.56. The van der Waals surface area contributed by atoms with Crippen molar-refractivity contribution in [3.05, 3.63) is 48.7 Å². The molecule has 0 radical (unpaired) electrons. The third-order valence-corrected chi connectivity index (χ3v) is 7.18. The van der Waals surface area contributed by atoms with Crippen LogP contribution in [0.5, 0.6) is 0 Å². The van der Waals surface area contributed by atoms with Gasteiger partial charge >= 0.3 is 0 Å². The lowest BCUT2D eigenvalue weighted by Crippen LogP contribution is -2.38. The van der Waals surface area contributed by atoms with Crippen LogP contribution >= 0.6 is 0 Å². The van der Waals surface area contributed by atoms with E-state index in [0.717, 1.165) is 48.2 Å². The summed E-state index contributed by atoms with van der Waals surface area (Å²) in [5, 5.41) is 1.01. The highest BCUT2D eigenvalue weighted by Gasteiger charge is 2.28. The SMILES string of the molecule is CN(c1ncnc2[nH]ccc12)C1CCC(CS(=O)(=O)NCc2ccccn2)CC1. The summed E-state index contributed by atoms with van der Waals surface area (Å²) in [6, 6.07) is 7.83. The Kier molecular flexibility index (Phi) is 5.77. The quantitative estimate of drug-likeness (QED) is 0.615. The molecule has 4 rings (SSSR count). The zero-order valence-corrected chi connectivity index (χ0v) is 17.3. The third-order valence-electron chi connectivity index (χ3n) is 5.69. The van der Waals surface area contributed by atoms with Gasteiger partial charge in [-0.1, -0.05) is 6.07 Å². The second kappa shape index (κ2) is 8.46. The van der Waals surface area contributed by atoms with Crippen molar-refractivity contribution in [2.75, 3.05) is 17.7 Å². The fourth-order valence-corrected chi connectivity index (χ4v) is 5.51. The number of fused-ring (bicyclic) bond motifs is 1. The normalized spacial score (nSPS) is 20.0. The molecule has 29 heavy (non-hydrogen) atoms. The maximum Gasteiger partial charge on any atom is 0.212 e. The smallest absolute Gasteiger partial charge is 0.212 e. The van der Waals surface area contributed by atoms with Gasteiger partial charge in [-0.3, -0.25) is 4.98 Å². The van der Waals surface area contributed by atoms with E-state index in [1.54, 1.807) is 12.5 Å². The standard InChI is InChI=1S/C20H26N6O2S/c1-26(20-18-9-11-22-19(18)23-14-24-20)17-7-5-15(6-8-17)13-29(27,28)25-12-16-4-2-3-10-21-16/h2-4,9-11,14-15,17,25H,5-8,12-13H2,1H3,(H,22,23,24). The van der Waals surface area contributed by atoms with Crippen LogP contribution in [0.3, 0.4) is 0 Å². The number of aromatic amines is 1. The Balaban J connectivity index is 1.31. The zero-order chi connectivity index (χ0) is 20.3. The topological polar surface area (TPSA) is 104 Å². The minimum absolute atomic E-state index is 0.172. The van der Waals surface area contributed by atoms with E-state index in [2.05, 4.69) is 36.6 Å². The van der Waals surface area contributed by atoms with E-state index in [-0.39, 0.29) is 18.2 Å². The molecule has 0 spiro atoms. The number of H-pyrrole nitrogens is 1. The van der Waals surface area contributed by atoms with Crippen LogP contribution in [0.1, 0.15) is 31.4 Å². The van der Waals surface area contributed by atoms with Gasteiger partial charge in [0.25, 0.3) is 0 Å².